The van der Waals surface area contributed by atoms with E-state index >= 15 is 0 Å². The van der Waals surface area contributed by atoms with Gasteiger partial charge >= 0.3 is 6.09 Å². The van der Waals surface area contributed by atoms with Gasteiger partial charge in [-0.25, -0.2) is 9.18 Å². The molecule has 0 heterocycles. The van der Waals surface area contributed by atoms with Gasteiger partial charge in [0.2, 0.25) is 0 Å². The first-order valence-electron chi connectivity index (χ1n) is 3.25. The van der Waals surface area contributed by atoms with E-state index in [1.54, 1.807) is 0 Å². The van der Waals surface area contributed by atoms with Crippen molar-refractivity contribution in [2.24, 2.45) is 0 Å². The highest BCUT2D eigenvalue weighted by Gasteiger charge is 2.08. The van der Waals surface area contributed by atoms with Gasteiger partial charge in [0.25, 0.3) is 0 Å². The minimum Gasteiger partial charge on any atom is -0.465 e. The number of hydrogen-bond donors (Lipinski definition) is 3. The van der Waals surface area contributed by atoms with E-state index in [-0.39, 0.29) is 11.4 Å². The number of hydrogen-bond acceptors (Lipinski definition) is 2. The van der Waals surface area contributed by atoms with Crippen LogP contribution in [-0.4, -0.2) is 11.2 Å². The maximum atomic E-state index is 12.7. The molecule has 0 fully saturated rings. The molecule has 0 aliphatic rings. The smallest absolute Gasteiger partial charge is 0.409 e. The highest BCUT2D eigenvalue weighted by Crippen LogP contribution is 2.29. The fraction of sp³-hybridized carbons (Fsp3) is 0. The van der Waals surface area contributed by atoms with Gasteiger partial charge in [-0.1, -0.05) is 0 Å². The van der Waals surface area contributed by atoms with Crippen molar-refractivity contribution in [2.45, 2.75) is 0 Å². The summed E-state index contributed by atoms with van der Waals surface area (Å²) in [7, 11) is 0. The molecule has 70 valence electrons. The molecule has 4 N–H and O–H groups in total. The molecule has 0 saturated carbocycles. The Morgan fingerprint density at radius 2 is 2.23 bits per heavy atom. The molecule has 1 aromatic carbocycles. The lowest BCUT2D eigenvalue weighted by Gasteiger charge is -2.06. The number of carbonyl (C=O) groups is 1. The molecule has 1 rings (SSSR count). The van der Waals surface area contributed by atoms with E-state index in [0.717, 1.165) is 12.1 Å². The van der Waals surface area contributed by atoms with Gasteiger partial charge in [-0.05, 0) is 28.1 Å². The molecule has 0 saturated heterocycles. The highest BCUT2D eigenvalue weighted by molar-refractivity contribution is 9.10. The summed E-state index contributed by atoms with van der Waals surface area (Å²) >= 11 is 3.03. The fourth-order valence-corrected chi connectivity index (χ4v) is 1.14. The third-order valence-corrected chi connectivity index (χ3v) is 2.19. The Hall–Kier alpha value is -1.30. The molecule has 6 heteroatoms. The topological polar surface area (TPSA) is 75.3 Å². The van der Waals surface area contributed by atoms with E-state index in [4.69, 9.17) is 10.8 Å². The van der Waals surface area contributed by atoms with E-state index in [9.17, 15) is 9.18 Å². The second-order valence-electron chi connectivity index (χ2n) is 2.29. The summed E-state index contributed by atoms with van der Waals surface area (Å²) in [4.78, 5) is 10.2. The van der Waals surface area contributed by atoms with Gasteiger partial charge in [0.05, 0.1) is 15.8 Å². The predicted octanol–water partition coefficient (Wildman–Crippen LogP) is 2.26. The molecule has 4 nitrogen and oxygen atoms in total. The quantitative estimate of drug-likeness (QED) is 0.668. The number of benzene rings is 1. The van der Waals surface area contributed by atoms with Gasteiger partial charge < -0.3 is 10.8 Å². The molecule has 0 aliphatic carbocycles. The summed E-state index contributed by atoms with van der Waals surface area (Å²) in [6.45, 7) is 0. The maximum Gasteiger partial charge on any atom is 0.409 e. The molecule has 0 radical (unpaired) electrons. The minimum atomic E-state index is -1.27. The van der Waals surface area contributed by atoms with Crippen molar-refractivity contribution in [1.29, 1.82) is 0 Å². The minimum absolute atomic E-state index is 0.0880. The van der Waals surface area contributed by atoms with Crippen molar-refractivity contribution in [3.05, 3.63) is 22.4 Å². The average Bonchev–Trinajstić information content (AvgIpc) is 1.98. The highest BCUT2D eigenvalue weighted by atomic mass is 79.9. The van der Waals surface area contributed by atoms with Gasteiger partial charge in [0.1, 0.15) is 5.82 Å². The largest absolute Gasteiger partial charge is 0.465 e. The zero-order chi connectivity index (χ0) is 10.0. The molecule has 0 bridgehead atoms. The summed E-state index contributed by atoms with van der Waals surface area (Å²) in [6, 6.07) is 2.13. The van der Waals surface area contributed by atoms with Crippen LogP contribution < -0.4 is 11.1 Å². The standard InChI is InChI=1S/C7H6BrFN2O2/c8-6-4(10)1-3(9)2-5(6)11-7(12)13/h1-2,11H,10H2,(H,12,13). The number of rotatable bonds is 1. The molecule has 0 unspecified atom stereocenters. The van der Waals surface area contributed by atoms with Crippen LogP contribution in [0.15, 0.2) is 16.6 Å². The van der Waals surface area contributed by atoms with Crippen LogP contribution in [-0.2, 0) is 0 Å². The molecular weight excluding hydrogens is 243 g/mol. The SMILES string of the molecule is Nc1cc(F)cc(NC(=O)O)c1Br. The maximum absolute atomic E-state index is 12.7. The van der Waals surface area contributed by atoms with Crippen LogP contribution in [0.25, 0.3) is 0 Å². The Morgan fingerprint density at radius 1 is 1.62 bits per heavy atom. The summed E-state index contributed by atoms with van der Waals surface area (Å²) in [5.41, 5.74) is 5.61. The Kier molecular flexibility index (Phi) is 2.72. The Morgan fingerprint density at radius 3 is 2.77 bits per heavy atom. The number of nitrogen functional groups attached to an aromatic ring is 1. The summed E-state index contributed by atoms with van der Waals surface area (Å²) in [6.07, 6.45) is -1.27. The molecule has 13 heavy (non-hydrogen) atoms. The number of amides is 1. The summed E-state index contributed by atoms with van der Waals surface area (Å²) in [5.74, 6) is -0.593. The Balaban J connectivity index is 3.12. The lowest BCUT2D eigenvalue weighted by molar-refractivity contribution is 0.209. The third-order valence-electron chi connectivity index (χ3n) is 1.31. The Bertz CT molecular complexity index is 357. The van der Waals surface area contributed by atoms with E-state index in [0.29, 0.717) is 4.47 Å². The second-order valence-corrected chi connectivity index (χ2v) is 3.08. The lowest BCUT2D eigenvalue weighted by Crippen LogP contribution is -2.08. The molecule has 0 aliphatic heterocycles. The van der Waals surface area contributed by atoms with Crippen LogP contribution in [0.5, 0.6) is 0 Å². The van der Waals surface area contributed by atoms with E-state index < -0.39 is 11.9 Å². The summed E-state index contributed by atoms with van der Waals surface area (Å²) < 4.78 is 13.1. The van der Waals surface area contributed by atoms with Crippen LogP contribution in [0, 0.1) is 5.82 Å². The van der Waals surface area contributed by atoms with Crippen LogP contribution in [0.1, 0.15) is 0 Å². The van der Waals surface area contributed by atoms with Gasteiger partial charge in [-0.2, -0.15) is 0 Å². The van der Waals surface area contributed by atoms with Crippen LogP contribution in [0.2, 0.25) is 0 Å². The van der Waals surface area contributed by atoms with Crippen molar-refractivity contribution in [3.8, 4) is 0 Å². The van der Waals surface area contributed by atoms with Crippen LogP contribution in [0.4, 0.5) is 20.6 Å². The number of anilines is 2. The zero-order valence-electron chi connectivity index (χ0n) is 6.34. The average molecular weight is 249 g/mol. The summed E-state index contributed by atoms with van der Waals surface area (Å²) in [5, 5.41) is 10.4. The Labute approximate surface area is 81.7 Å². The predicted molar refractivity (Wildman–Crippen MR) is 50.2 cm³/mol. The first-order chi connectivity index (χ1) is 6.00. The second kappa shape index (κ2) is 3.61. The molecule has 0 atom stereocenters. The number of nitrogens with one attached hydrogen (secondary N) is 1. The van der Waals surface area contributed by atoms with Crippen LogP contribution in [0.3, 0.4) is 0 Å². The molecular formula is C7H6BrFN2O2. The normalized spacial score (nSPS) is 9.69. The van der Waals surface area contributed by atoms with Crippen molar-refractivity contribution < 1.29 is 14.3 Å². The molecule has 1 amide bonds. The van der Waals surface area contributed by atoms with Crippen molar-refractivity contribution in [2.75, 3.05) is 11.1 Å². The third kappa shape index (κ3) is 2.32. The van der Waals surface area contributed by atoms with Gasteiger partial charge in [0.15, 0.2) is 0 Å². The lowest BCUT2D eigenvalue weighted by atomic mass is 10.3. The molecule has 1 aromatic rings. The zero-order valence-corrected chi connectivity index (χ0v) is 7.93. The number of nitrogens with two attached hydrogens (primary N) is 1. The van der Waals surface area contributed by atoms with E-state index in [1.165, 1.54) is 0 Å². The van der Waals surface area contributed by atoms with Crippen molar-refractivity contribution in [1.82, 2.24) is 0 Å². The first kappa shape index (κ1) is 9.79. The molecule has 0 spiro atoms. The number of halogens is 2. The van der Waals surface area contributed by atoms with Crippen molar-refractivity contribution in [3.63, 3.8) is 0 Å². The monoisotopic (exact) mass is 248 g/mol. The van der Waals surface area contributed by atoms with E-state index in [2.05, 4.69) is 15.9 Å². The van der Waals surface area contributed by atoms with Gasteiger partial charge in [0, 0.05) is 0 Å². The first-order valence-corrected chi connectivity index (χ1v) is 4.04. The van der Waals surface area contributed by atoms with Crippen LogP contribution >= 0.6 is 15.9 Å². The fourth-order valence-electron chi connectivity index (χ4n) is 0.816. The van der Waals surface area contributed by atoms with E-state index in [1.807, 2.05) is 5.32 Å². The van der Waals surface area contributed by atoms with Gasteiger partial charge in [-0.15, -0.1) is 0 Å². The number of carboxylic acid groups (broad SMARTS) is 1. The van der Waals surface area contributed by atoms with Crippen molar-refractivity contribution >= 4 is 33.4 Å². The molecule has 0 aromatic heterocycles. The van der Waals surface area contributed by atoms with Gasteiger partial charge in [-0.3, -0.25) is 5.32 Å².